The van der Waals surface area contributed by atoms with Crippen molar-refractivity contribution in [3.8, 4) is 11.5 Å². The number of likely N-dealkylation sites (N-methyl/N-ethyl adjacent to an activating group) is 1. The molecule has 118 valence electrons. The molecule has 1 aromatic carbocycles. The minimum absolute atomic E-state index is 0.347. The van der Waals surface area contributed by atoms with E-state index < -0.39 is 6.10 Å². The molecule has 1 aliphatic heterocycles. The third kappa shape index (κ3) is 5.19. The largest absolute Gasteiger partial charge is 0.497 e. The van der Waals surface area contributed by atoms with Gasteiger partial charge in [-0.15, -0.1) is 0 Å². The van der Waals surface area contributed by atoms with Gasteiger partial charge in [0.1, 0.15) is 56.9 Å². The van der Waals surface area contributed by atoms with Gasteiger partial charge in [0.25, 0.3) is 0 Å². The number of methoxy groups -OCH3 is 1. The van der Waals surface area contributed by atoms with E-state index in [0.717, 1.165) is 31.1 Å². The number of hydrogen-bond acceptors (Lipinski definition) is 3. The van der Waals surface area contributed by atoms with Crippen molar-refractivity contribution in [3.05, 3.63) is 24.3 Å². The first kappa shape index (κ1) is 16.1. The van der Waals surface area contributed by atoms with Crippen molar-refractivity contribution < 1.29 is 24.4 Å². The number of benzene rings is 1. The van der Waals surface area contributed by atoms with E-state index in [1.54, 1.807) is 12.0 Å². The highest BCUT2D eigenvalue weighted by atomic mass is 16.5. The summed E-state index contributed by atoms with van der Waals surface area (Å²) in [5.74, 6) is 1.58. The second-order valence-electron chi connectivity index (χ2n) is 5.70. The summed E-state index contributed by atoms with van der Waals surface area (Å²) in [6.07, 6.45) is -0.412. The zero-order valence-corrected chi connectivity index (χ0v) is 13.1. The number of piperazine rings is 1. The molecule has 0 saturated carbocycles. The van der Waals surface area contributed by atoms with Crippen LogP contribution in [0.1, 0.15) is 6.92 Å². The highest BCUT2D eigenvalue weighted by Gasteiger charge is 2.23. The molecule has 0 spiro atoms. The van der Waals surface area contributed by atoms with Crippen molar-refractivity contribution in [1.29, 1.82) is 0 Å². The van der Waals surface area contributed by atoms with Crippen LogP contribution < -0.4 is 19.3 Å². The SMILES string of the molecule is CC[NH+]1CC[NH+](CC(O)COc2ccc(OC)cc2)CC1. The normalized spacial score (nSPS) is 23.6. The lowest BCUT2D eigenvalue weighted by Gasteiger charge is -2.30. The number of aliphatic hydroxyl groups excluding tert-OH is 1. The van der Waals surface area contributed by atoms with Crippen LogP contribution in [-0.2, 0) is 0 Å². The van der Waals surface area contributed by atoms with Crippen LogP contribution in [0.4, 0.5) is 0 Å². The van der Waals surface area contributed by atoms with Crippen LogP contribution in [0.25, 0.3) is 0 Å². The Bertz CT molecular complexity index is 402. The van der Waals surface area contributed by atoms with E-state index in [-0.39, 0.29) is 0 Å². The van der Waals surface area contributed by atoms with Crippen molar-refractivity contribution >= 4 is 0 Å². The molecule has 3 N–H and O–H groups in total. The maximum Gasteiger partial charge on any atom is 0.137 e. The van der Waals surface area contributed by atoms with Crippen LogP contribution in [0.15, 0.2) is 24.3 Å². The molecule has 0 bridgehead atoms. The van der Waals surface area contributed by atoms with Gasteiger partial charge < -0.3 is 24.4 Å². The lowest BCUT2D eigenvalue weighted by Crippen LogP contribution is -3.28. The Morgan fingerprint density at radius 1 is 1.05 bits per heavy atom. The lowest BCUT2D eigenvalue weighted by molar-refractivity contribution is -1.01. The molecule has 1 saturated heterocycles. The van der Waals surface area contributed by atoms with Gasteiger partial charge in [-0.05, 0) is 31.2 Å². The summed E-state index contributed by atoms with van der Waals surface area (Å²) < 4.78 is 10.7. The minimum Gasteiger partial charge on any atom is -0.497 e. The van der Waals surface area contributed by atoms with E-state index in [2.05, 4.69) is 6.92 Å². The highest BCUT2D eigenvalue weighted by molar-refractivity contribution is 5.31. The molecule has 0 aromatic heterocycles. The molecule has 0 amide bonds. The molecule has 1 heterocycles. The van der Waals surface area contributed by atoms with Crippen LogP contribution in [0, 0.1) is 0 Å². The molecule has 5 nitrogen and oxygen atoms in total. The third-order valence-electron chi connectivity index (χ3n) is 4.19. The Morgan fingerprint density at radius 2 is 1.62 bits per heavy atom. The van der Waals surface area contributed by atoms with Crippen LogP contribution in [0.2, 0.25) is 0 Å². The van der Waals surface area contributed by atoms with E-state index in [1.807, 2.05) is 24.3 Å². The molecule has 0 radical (unpaired) electrons. The molecular formula is C16H28N2O3+2. The molecule has 1 aromatic rings. The molecular weight excluding hydrogens is 268 g/mol. The lowest BCUT2D eigenvalue weighted by atomic mass is 10.2. The standard InChI is InChI=1S/C16H26N2O3/c1-3-17-8-10-18(11-9-17)12-14(19)13-21-16-6-4-15(20-2)5-7-16/h4-7,14,19H,3,8-13H2,1-2H3/p+2. The maximum absolute atomic E-state index is 10.1. The molecule has 0 aliphatic carbocycles. The minimum atomic E-state index is -0.412. The number of aliphatic hydroxyl groups is 1. The summed E-state index contributed by atoms with van der Waals surface area (Å²) in [6.45, 7) is 9.25. The topological polar surface area (TPSA) is 47.6 Å². The van der Waals surface area contributed by atoms with Crippen LogP contribution in [-0.4, -0.2) is 64.2 Å². The van der Waals surface area contributed by atoms with Crippen LogP contribution >= 0.6 is 0 Å². The van der Waals surface area contributed by atoms with Gasteiger partial charge in [-0.3, -0.25) is 0 Å². The second kappa shape index (κ2) is 8.22. The molecule has 1 unspecified atom stereocenters. The first-order chi connectivity index (χ1) is 10.2. The predicted octanol–water partition coefficient (Wildman–Crippen LogP) is -1.76. The van der Waals surface area contributed by atoms with Gasteiger partial charge in [-0.1, -0.05) is 0 Å². The van der Waals surface area contributed by atoms with Gasteiger partial charge >= 0.3 is 0 Å². The van der Waals surface area contributed by atoms with Crippen LogP contribution in [0.3, 0.4) is 0 Å². The number of rotatable bonds is 7. The quantitative estimate of drug-likeness (QED) is 0.559. The second-order valence-corrected chi connectivity index (χ2v) is 5.70. The van der Waals surface area contributed by atoms with E-state index >= 15 is 0 Å². The van der Waals surface area contributed by atoms with Gasteiger partial charge in [-0.25, -0.2) is 0 Å². The summed E-state index contributed by atoms with van der Waals surface area (Å²) in [6, 6.07) is 7.45. The summed E-state index contributed by atoms with van der Waals surface area (Å²) in [4.78, 5) is 3.15. The molecule has 1 fully saturated rings. The maximum atomic E-state index is 10.1. The fraction of sp³-hybridized carbons (Fsp3) is 0.625. The van der Waals surface area contributed by atoms with Gasteiger partial charge in [0.05, 0.1) is 13.7 Å². The Hall–Kier alpha value is -1.30. The van der Waals surface area contributed by atoms with E-state index in [0.29, 0.717) is 6.61 Å². The number of ether oxygens (including phenoxy) is 2. The summed E-state index contributed by atoms with van der Waals surface area (Å²) >= 11 is 0. The smallest absolute Gasteiger partial charge is 0.137 e. The fourth-order valence-corrected chi connectivity index (χ4v) is 2.77. The third-order valence-corrected chi connectivity index (χ3v) is 4.19. The first-order valence-corrected chi connectivity index (χ1v) is 7.83. The molecule has 21 heavy (non-hydrogen) atoms. The van der Waals surface area contributed by atoms with Gasteiger partial charge in [-0.2, -0.15) is 0 Å². The van der Waals surface area contributed by atoms with E-state index in [4.69, 9.17) is 9.47 Å². The molecule has 2 rings (SSSR count). The Labute approximate surface area is 127 Å². The molecule has 1 aliphatic rings. The van der Waals surface area contributed by atoms with E-state index in [9.17, 15) is 5.11 Å². The predicted molar refractivity (Wildman–Crippen MR) is 81.3 cm³/mol. The zero-order valence-electron chi connectivity index (χ0n) is 13.1. The summed E-state index contributed by atoms with van der Waals surface area (Å²) in [5.41, 5.74) is 0. The Kier molecular flexibility index (Phi) is 6.29. The van der Waals surface area contributed by atoms with Crippen molar-refractivity contribution in [1.82, 2.24) is 0 Å². The van der Waals surface area contributed by atoms with Crippen molar-refractivity contribution in [2.75, 3.05) is 53.0 Å². The summed E-state index contributed by atoms with van der Waals surface area (Å²) in [5, 5.41) is 10.1. The number of nitrogens with one attached hydrogen (secondary N) is 2. The fourth-order valence-electron chi connectivity index (χ4n) is 2.77. The van der Waals surface area contributed by atoms with Crippen LogP contribution in [0.5, 0.6) is 11.5 Å². The average molecular weight is 296 g/mol. The Morgan fingerprint density at radius 3 is 2.19 bits per heavy atom. The number of quaternary nitrogens is 2. The van der Waals surface area contributed by atoms with Gasteiger partial charge in [0.2, 0.25) is 0 Å². The molecule has 1 atom stereocenters. The van der Waals surface area contributed by atoms with Gasteiger partial charge in [0.15, 0.2) is 0 Å². The number of hydrogen-bond donors (Lipinski definition) is 3. The van der Waals surface area contributed by atoms with Crippen molar-refractivity contribution in [2.45, 2.75) is 13.0 Å². The monoisotopic (exact) mass is 296 g/mol. The van der Waals surface area contributed by atoms with Crippen molar-refractivity contribution in [3.63, 3.8) is 0 Å². The van der Waals surface area contributed by atoms with Gasteiger partial charge in [0, 0.05) is 0 Å². The highest BCUT2D eigenvalue weighted by Crippen LogP contribution is 2.16. The summed E-state index contributed by atoms with van der Waals surface area (Å²) in [7, 11) is 1.64. The zero-order chi connectivity index (χ0) is 15.1. The van der Waals surface area contributed by atoms with Crippen molar-refractivity contribution in [2.24, 2.45) is 0 Å². The first-order valence-electron chi connectivity index (χ1n) is 7.83. The Balaban J connectivity index is 1.68. The van der Waals surface area contributed by atoms with E-state index in [1.165, 1.54) is 24.5 Å². The molecule has 5 heteroatoms. The average Bonchev–Trinajstić information content (AvgIpc) is 2.54.